The van der Waals surface area contributed by atoms with Gasteiger partial charge in [-0.15, -0.1) is 18.2 Å². The van der Waals surface area contributed by atoms with Crippen molar-refractivity contribution in [1.82, 2.24) is 4.90 Å². The summed E-state index contributed by atoms with van der Waals surface area (Å²) in [6, 6.07) is 14.9. The van der Waals surface area contributed by atoms with E-state index in [1.165, 1.54) is 21.3 Å². The summed E-state index contributed by atoms with van der Waals surface area (Å²) in [5.74, 6) is 0.206. The number of aliphatic hydroxyl groups is 2. The van der Waals surface area contributed by atoms with E-state index >= 15 is 0 Å². The van der Waals surface area contributed by atoms with E-state index in [2.05, 4.69) is 23.1 Å². The Morgan fingerprint density at radius 3 is 2.46 bits per heavy atom. The number of aliphatic hydroxyl groups excluding tert-OH is 2. The molecule has 0 spiro atoms. The molecule has 0 aromatic heterocycles. The minimum Gasteiger partial charge on any atom is -0.497 e. The first kappa shape index (κ1) is 47.3. The van der Waals surface area contributed by atoms with Gasteiger partial charge in [0, 0.05) is 43.7 Å². The smallest absolute Gasteiger partial charge is 0.417 e. The van der Waals surface area contributed by atoms with Crippen molar-refractivity contribution in [2.75, 3.05) is 65.7 Å². The van der Waals surface area contributed by atoms with Crippen LogP contribution < -0.4 is 33.7 Å². The molecule has 1 fully saturated rings. The first-order valence-corrected chi connectivity index (χ1v) is 22.5. The number of methoxy groups -OCH3 is 2. The lowest BCUT2D eigenvalue weighted by Gasteiger charge is -2.59. The molecule has 17 heteroatoms. The summed E-state index contributed by atoms with van der Waals surface area (Å²) in [6.45, 7) is 4.23. The highest BCUT2D eigenvalue weighted by molar-refractivity contribution is 6.18. The zero-order chi connectivity index (χ0) is 45.9. The van der Waals surface area contributed by atoms with Crippen LogP contribution in [0.25, 0.3) is 0 Å². The molecule has 350 valence electrons. The largest absolute Gasteiger partial charge is 0.497 e. The third-order valence-electron chi connectivity index (χ3n) is 12.4. The number of hydrogen-bond acceptors (Lipinski definition) is 14. The average molecular weight is 920 g/mol. The van der Waals surface area contributed by atoms with Crippen LogP contribution in [0, 0.1) is 17.8 Å². The minimum atomic E-state index is -1.57. The lowest BCUT2D eigenvalue weighted by Crippen LogP contribution is -2.70. The van der Waals surface area contributed by atoms with Gasteiger partial charge in [-0.05, 0) is 91.1 Å². The molecule has 2 aliphatic heterocycles. The molecule has 2 aliphatic carbocycles. The maximum atomic E-state index is 14.5. The van der Waals surface area contributed by atoms with E-state index in [1.807, 2.05) is 18.2 Å². The van der Waals surface area contributed by atoms with Gasteiger partial charge in [0.1, 0.15) is 42.8 Å². The Bertz CT molecular complexity index is 2220. The van der Waals surface area contributed by atoms with Gasteiger partial charge >= 0.3 is 12.2 Å². The monoisotopic (exact) mass is 919 g/mol. The second kappa shape index (κ2) is 22.0. The third-order valence-corrected chi connectivity index (χ3v) is 12.6. The van der Waals surface area contributed by atoms with Gasteiger partial charge in [0.15, 0.2) is 11.5 Å². The fourth-order valence-electron chi connectivity index (χ4n) is 9.71. The van der Waals surface area contributed by atoms with Crippen molar-refractivity contribution in [2.45, 2.75) is 69.2 Å². The van der Waals surface area contributed by atoms with Gasteiger partial charge in [-0.2, -0.15) is 0 Å². The highest BCUT2D eigenvalue weighted by atomic mass is 35.5. The molecule has 7 rings (SSSR count). The lowest BCUT2D eigenvalue weighted by molar-refractivity contribution is -0.256. The highest BCUT2D eigenvalue weighted by Gasteiger charge is 2.65. The maximum absolute atomic E-state index is 14.5. The summed E-state index contributed by atoms with van der Waals surface area (Å²) in [5.41, 5.74) is 3.31. The lowest BCUT2D eigenvalue weighted by atomic mass is 9.55. The van der Waals surface area contributed by atoms with Gasteiger partial charge in [0.2, 0.25) is 12.6 Å². The zero-order valence-corrected chi connectivity index (χ0v) is 37.8. The summed E-state index contributed by atoms with van der Waals surface area (Å²) >= 11 is 6.08. The summed E-state index contributed by atoms with van der Waals surface area (Å²) < 4.78 is 48.2. The number of alkyl halides is 1. The molecule has 16 nitrogen and oxygen atoms in total. The SMILES string of the molecule is C=CCOC12Oc3ccc(OC(=O)Nc4ccc(OC)cc4OC)cc3C3C(CCCCO)C(CCCCO)C=C(C(=NOC)CC1N(Cc1ccc4c(c1)OCO4)C(=O)OCCCl)C32. The van der Waals surface area contributed by atoms with Gasteiger partial charge in [-0.25, -0.2) is 9.59 Å². The molecule has 0 saturated heterocycles. The summed E-state index contributed by atoms with van der Waals surface area (Å²) in [4.78, 5) is 35.3. The van der Waals surface area contributed by atoms with Crippen molar-refractivity contribution >= 4 is 35.2 Å². The van der Waals surface area contributed by atoms with E-state index in [1.54, 1.807) is 47.4 Å². The molecule has 6 unspecified atom stereocenters. The number of carbonyl (C=O) groups is 2. The molecule has 0 bridgehead atoms. The molecular formula is C48H58ClN3O13. The van der Waals surface area contributed by atoms with Gasteiger partial charge < -0.3 is 52.9 Å². The number of nitrogens with one attached hydrogen (secondary N) is 1. The quantitative estimate of drug-likeness (QED) is 0.0403. The zero-order valence-electron chi connectivity index (χ0n) is 37.0. The Morgan fingerprint density at radius 1 is 0.954 bits per heavy atom. The molecule has 4 aliphatic rings. The summed E-state index contributed by atoms with van der Waals surface area (Å²) in [7, 11) is 4.52. The molecule has 1 saturated carbocycles. The van der Waals surface area contributed by atoms with Gasteiger partial charge in [-0.3, -0.25) is 10.2 Å². The van der Waals surface area contributed by atoms with E-state index in [4.69, 9.17) is 54.3 Å². The molecule has 65 heavy (non-hydrogen) atoms. The topological polar surface area (TPSA) is 185 Å². The van der Waals surface area contributed by atoms with Crippen LogP contribution in [0.5, 0.6) is 34.5 Å². The Labute approximate surface area is 383 Å². The number of oxime groups is 1. The first-order chi connectivity index (χ1) is 31.7. The number of fused-ring (bicyclic) bond motifs is 3. The second-order valence-electron chi connectivity index (χ2n) is 16.2. The molecular weight excluding hydrogens is 862 g/mol. The fourth-order valence-corrected chi connectivity index (χ4v) is 9.79. The third kappa shape index (κ3) is 10.3. The molecule has 3 N–H and O–H groups in total. The van der Waals surface area contributed by atoms with Crippen molar-refractivity contribution in [2.24, 2.45) is 22.9 Å². The number of hydrogen-bond donors (Lipinski definition) is 3. The van der Waals surface area contributed by atoms with Gasteiger partial charge in [0.05, 0.1) is 44.0 Å². The maximum Gasteiger partial charge on any atom is 0.417 e. The van der Waals surface area contributed by atoms with Crippen LogP contribution >= 0.6 is 11.6 Å². The van der Waals surface area contributed by atoms with Crippen LogP contribution in [-0.4, -0.2) is 105 Å². The van der Waals surface area contributed by atoms with Crippen molar-refractivity contribution in [3.05, 3.63) is 90.0 Å². The van der Waals surface area contributed by atoms with Crippen molar-refractivity contribution < 1.29 is 62.5 Å². The van der Waals surface area contributed by atoms with E-state index in [0.29, 0.717) is 65.8 Å². The van der Waals surface area contributed by atoms with Crippen LogP contribution in [0.15, 0.2) is 84.1 Å². The normalized spacial score (nSPS) is 23.0. The Balaban J connectivity index is 1.38. The number of benzene rings is 3. The fraction of sp³-hybridized carbons (Fsp3) is 0.479. The molecule has 3 aromatic rings. The van der Waals surface area contributed by atoms with Crippen LogP contribution in [0.2, 0.25) is 0 Å². The number of amides is 2. The number of unbranched alkanes of at least 4 members (excludes halogenated alkanes) is 2. The van der Waals surface area contributed by atoms with E-state index < -0.39 is 29.9 Å². The number of allylic oxidation sites excluding steroid dienone is 1. The number of nitrogens with zero attached hydrogens (tertiary/aromatic N) is 2. The number of halogens is 1. The average Bonchev–Trinajstić information content (AvgIpc) is 3.79. The van der Waals surface area contributed by atoms with E-state index in [9.17, 15) is 19.8 Å². The minimum absolute atomic E-state index is 0.0213. The molecule has 2 heterocycles. The predicted molar refractivity (Wildman–Crippen MR) is 241 cm³/mol. The number of ether oxygens (including phenoxy) is 8. The number of anilines is 1. The van der Waals surface area contributed by atoms with Crippen molar-refractivity contribution in [3.63, 3.8) is 0 Å². The standard InChI is InChI=1S/C48H58ClN3O13/c1-5-21-63-48-43(52(47(56)60-22-18-49)28-30-12-16-40-42(23-30)62-29-61-40)27-38(51-59-4)35-24-31(10-6-8-19-53)34(11-7-9-20-54)44(45(35)48)36-25-33(14-17-39(36)65-48)64-46(55)50-37-15-13-32(57-2)26-41(37)58-3/h5,12-17,23-26,31,34,43-45,53-54H,1,6-11,18-22,27-29H2,2-4H3,(H,50,55). The van der Waals surface area contributed by atoms with Crippen LogP contribution in [0.3, 0.4) is 0 Å². The Morgan fingerprint density at radius 2 is 1.72 bits per heavy atom. The van der Waals surface area contributed by atoms with Crippen LogP contribution in [0.4, 0.5) is 15.3 Å². The number of rotatable bonds is 21. The second-order valence-corrected chi connectivity index (χ2v) is 16.5. The highest BCUT2D eigenvalue weighted by Crippen LogP contribution is 2.62. The van der Waals surface area contributed by atoms with Crippen LogP contribution in [-0.2, 0) is 20.9 Å². The van der Waals surface area contributed by atoms with Gasteiger partial charge in [-0.1, -0.05) is 36.2 Å². The van der Waals surface area contributed by atoms with Crippen LogP contribution in [0.1, 0.15) is 62.0 Å². The van der Waals surface area contributed by atoms with E-state index in [-0.39, 0.29) is 75.6 Å². The van der Waals surface area contributed by atoms with Crippen molar-refractivity contribution in [3.8, 4) is 34.5 Å². The predicted octanol–water partition coefficient (Wildman–Crippen LogP) is 8.18. The number of carbonyl (C=O) groups excluding carboxylic acids is 2. The van der Waals surface area contributed by atoms with E-state index in [0.717, 1.165) is 29.5 Å². The molecule has 6 atom stereocenters. The Kier molecular flexibility index (Phi) is 16.0. The molecule has 2 amide bonds. The first-order valence-electron chi connectivity index (χ1n) is 21.9. The van der Waals surface area contributed by atoms with Gasteiger partial charge in [0.25, 0.3) is 0 Å². The summed E-state index contributed by atoms with van der Waals surface area (Å²) in [6.07, 6.45) is 6.76. The molecule has 3 aromatic carbocycles. The molecule has 0 radical (unpaired) electrons. The summed E-state index contributed by atoms with van der Waals surface area (Å²) in [5, 5.41) is 27.3. The van der Waals surface area contributed by atoms with Crippen molar-refractivity contribution in [1.29, 1.82) is 0 Å². The Hall–Kier alpha value is -5.68.